The highest BCUT2D eigenvalue weighted by atomic mass is 32.2. The van der Waals surface area contributed by atoms with Crippen molar-refractivity contribution in [2.75, 3.05) is 18.1 Å². The number of aryl methyl sites for hydroxylation is 1. The second-order valence-corrected chi connectivity index (χ2v) is 8.33. The first kappa shape index (κ1) is 16.4. The molecule has 0 aliphatic rings. The molecule has 6 nitrogen and oxygen atoms in total. The minimum absolute atomic E-state index is 0.188. The van der Waals surface area contributed by atoms with Gasteiger partial charge in [-0.1, -0.05) is 0 Å². The molecule has 1 heterocycles. The summed E-state index contributed by atoms with van der Waals surface area (Å²) in [6, 6.07) is 1.46. The maximum absolute atomic E-state index is 11.9. The van der Waals surface area contributed by atoms with Gasteiger partial charge in [0.1, 0.15) is 6.61 Å². The number of sulfone groups is 1. The van der Waals surface area contributed by atoms with E-state index >= 15 is 0 Å². The van der Waals surface area contributed by atoms with Crippen LogP contribution in [0.4, 0.5) is 5.69 Å². The lowest BCUT2D eigenvalue weighted by Crippen LogP contribution is -2.32. The maximum Gasteiger partial charge on any atom is 0.340 e. The van der Waals surface area contributed by atoms with Gasteiger partial charge in [-0.2, -0.15) is 0 Å². The van der Waals surface area contributed by atoms with E-state index in [4.69, 9.17) is 10.5 Å². The molecule has 0 spiro atoms. The fourth-order valence-corrected chi connectivity index (χ4v) is 2.30. The third-order valence-electron chi connectivity index (χ3n) is 2.85. The highest BCUT2D eigenvalue weighted by Gasteiger charge is 2.29. The number of nitrogens with zero attached hydrogens (tertiary/aromatic N) is 1. The molecule has 0 atom stereocenters. The van der Waals surface area contributed by atoms with Gasteiger partial charge in [0.15, 0.2) is 9.84 Å². The number of pyridine rings is 1. The summed E-state index contributed by atoms with van der Waals surface area (Å²) in [4.78, 5) is 15.8. The average molecular weight is 300 g/mol. The number of esters is 1. The summed E-state index contributed by atoms with van der Waals surface area (Å²) in [7, 11) is -3.31. The van der Waals surface area contributed by atoms with E-state index in [0.717, 1.165) is 0 Å². The first-order chi connectivity index (χ1) is 9.04. The summed E-state index contributed by atoms with van der Waals surface area (Å²) in [5.74, 6) is -0.830. The van der Waals surface area contributed by atoms with Crippen molar-refractivity contribution < 1.29 is 17.9 Å². The molecule has 1 rings (SSSR count). The van der Waals surface area contributed by atoms with E-state index in [1.807, 2.05) is 0 Å². The van der Waals surface area contributed by atoms with Gasteiger partial charge in [-0.25, -0.2) is 13.2 Å². The number of nitrogens with two attached hydrogens (primary N) is 1. The van der Waals surface area contributed by atoms with Gasteiger partial charge in [-0.3, -0.25) is 4.98 Å². The molecular formula is C13H20N2O4S. The third kappa shape index (κ3) is 3.93. The predicted octanol–water partition coefficient (Wildman–Crippen LogP) is 1.34. The van der Waals surface area contributed by atoms with Gasteiger partial charge in [0, 0.05) is 0 Å². The normalized spacial score (nSPS) is 12.2. The van der Waals surface area contributed by atoms with Crippen LogP contribution < -0.4 is 5.73 Å². The van der Waals surface area contributed by atoms with Crippen molar-refractivity contribution in [3.8, 4) is 0 Å². The Morgan fingerprint density at radius 3 is 2.55 bits per heavy atom. The molecule has 2 N–H and O–H groups in total. The number of rotatable bonds is 4. The van der Waals surface area contributed by atoms with E-state index in [2.05, 4.69) is 4.98 Å². The highest BCUT2D eigenvalue weighted by molar-refractivity contribution is 7.92. The molecule has 20 heavy (non-hydrogen) atoms. The van der Waals surface area contributed by atoms with Crippen LogP contribution >= 0.6 is 0 Å². The SMILES string of the molecule is Cc1ncc(N)cc1C(=O)OCCS(=O)(=O)C(C)(C)C. The van der Waals surface area contributed by atoms with Crippen molar-refractivity contribution in [1.82, 2.24) is 4.98 Å². The van der Waals surface area contributed by atoms with Crippen LogP contribution in [-0.2, 0) is 14.6 Å². The van der Waals surface area contributed by atoms with E-state index in [9.17, 15) is 13.2 Å². The Balaban J connectivity index is 2.68. The number of carbonyl (C=O) groups excluding carboxylic acids is 1. The highest BCUT2D eigenvalue weighted by Crippen LogP contribution is 2.16. The Kier molecular flexibility index (Phi) is 4.75. The van der Waals surface area contributed by atoms with Crippen LogP contribution in [0.15, 0.2) is 12.3 Å². The van der Waals surface area contributed by atoms with Crippen LogP contribution in [0, 0.1) is 6.92 Å². The molecule has 0 radical (unpaired) electrons. The Morgan fingerprint density at radius 2 is 2.00 bits per heavy atom. The summed E-state index contributed by atoms with van der Waals surface area (Å²) >= 11 is 0. The Labute approximate surface area is 119 Å². The van der Waals surface area contributed by atoms with Crippen molar-refractivity contribution in [3.05, 3.63) is 23.5 Å². The molecule has 0 aliphatic carbocycles. The van der Waals surface area contributed by atoms with Crippen LogP contribution in [0.5, 0.6) is 0 Å². The first-order valence-corrected chi connectivity index (χ1v) is 7.81. The number of aromatic nitrogens is 1. The largest absolute Gasteiger partial charge is 0.461 e. The van der Waals surface area contributed by atoms with E-state index in [0.29, 0.717) is 11.4 Å². The minimum Gasteiger partial charge on any atom is -0.461 e. The number of carbonyl (C=O) groups is 1. The standard InChI is InChI=1S/C13H20N2O4S/c1-9-11(7-10(14)8-15-9)12(16)19-5-6-20(17,18)13(2,3)4/h7-8H,5-6,14H2,1-4H3. The fourth-order valence-electron chi connectivity index (χ4n) is 1.38. The van der Waals surface area contributed by atoms with E-state index in [1.54, 1.807) is 27.7 Å². The number of nitrogen functional groups attached to an aromatic ring is 1. The molecular weight excluding hydrogens is 280 g/mol. The minimum atomic E-state index is -3.31. The zero-order valence-electron chi connectivity index (χ0n) is 12.1. The number of anilines is 1. The second-order valence-electron chi connectivity index (χ2n) is 5.47. The lowest BCUT2D eigenvalue weighted by Gasteiger charge is -2.18. The van der Waals surface area contributed by atoms with E-state index in [1.165, 1.54) is 12.3 Å². The number of hydrogen-bond donors (Lipinski definition) is 1. The van der Waals surface area contributed by atoms with Gasteiger partial charge in [0.2, 0.25) is 0 Å². The van der Waals surface area contributed by atoms with Crippen LogP contribution in [0.25, 0.3) is 0 Å². The van der Waals surface area contributed by atoms with Crippen LogP contribution in [0.3, 0.4) is 0 Å². The van der Waals surface area contributed by atoms with Gasteiger partial charge in [-0.15, -0.1) is 0 Å². The van der Waals surface area contributed by atoms with Crippen molar-refractivity contribution in [1.29, 1.82) is 0 Å². The lowest BCUT2D eigenvalue weighted by molar-refractivity contribution is 0.0527. The van der Waals surface area contributed by atoms with Crippen molar-refractivity contribution in [2.24, 2.45) is 0 Å². The quantitative estimate of drug-likeness (QED) is 0.842. The van der Waals surface area contributed by atoms with Gasteiger partial charge in [-0.05, 0) is 33.8 Å². The van der Waals surface area contributed by atoms with Crippen molar-refractivity contribution in [2.45, 2.75) is 32.4 Å². The summed E-state index contributed by atoms with van der Waals surface area (Å²) in [6.45, 7) is 6.29. The number of ether oxygens (including phenoxy) is 1. The summed E-state index contributed by atoms with van der Waals surface area (Å²) < 4.78 is 27.8. The Bertz CT molecular complexity index is 603. The molecule has 1 aromatic rings. The van der Waals surface area contributed by atoms with Crippen molar-refractivity contribution in [3.63, 3.8) is 0 Å². The molecule has 0 saturated carbocycles. The lowest BCUT2D eigenvalue weighted by atomic mass is 10.2. The number of hydrogen-bond acceptors (Lipinski definition) is 6. The molecule has 0 saturated heterocycles. The Morgan fingerprint density at radius 1 is 1.40 bits per heavy atom. The predicted molar refractivity (Wildman–Crippen MR) is 77.2 cm³/mol. The average Bonchev–Trinajstić information content (AvgIpc) is 2.30. The topological polar surface area (TPSA) is 99.3 Å². The summed E-state index contributed by atoms with van der Waals surface area (Å²) in [5.41, 5.74) is 6.64. The maximum atomic E-state index is 11.9. The molecule has 0 fully saturated rings. The Hall–Kier alpha value is -1.63. The van der Waals surface area contributed by atoms with E-state index in [-0.39, 0.29) is 17.9 Å². The van der Waals surface area contributed by atoms with Crippen LogP contribution in [0.2, 0.25) is 0 Å². The monoisotopic (exact) mass is 300 g/mol. The molecule has 0 bridgehead atoms. The van der Waals surface area contributed by atoms with Gasteiger partial charge in [0.05, 0.1) is 33.6 Å². The van der Waals surface area contributed by atoms with E-state index < -0.39 is 20.6 Å². The van der Waals surface area contributed by atoms with Crippen LogP contribution in [-0.4, -0.2) is 36.5 Å². The van der Waals surface area contributed by atoms with Gasteiger partial charge in [0.25, 0.3) is 0 Å². The zero-order chi connectivity index (χ0) is 15.6. The smallest absolute Gasteiger partial charge is 0.340 e. The molecule has 0 aromatic carbocycles. The third-order valence-corrected chi connectivity index (χ3v) is 5.42. The zero-order valence-corrected chi connectivity index (χ0v) is 13.0. The van der Waals surface area contributed by atoms with Gasteiger partial charge >= 0.3 is 5.97 Å². The fraction of sp³-hybridized carbons (Fsp3) is 0.538. The summed E-state index contributed by atoms with van der Waals surface area (Å²) in [6.07, 6.45) is 1.44. The molecule has 0 amide bonds. The molecule has 1 aromatic heterocycles. The summed E-state index contributed by atoms with van der Waals surface area (Å²) in [5, 5.41) is 0. The molecule has 0 unspecified atom stereocenters. The molecule has 0 aliphatic heterocycles. The molecule has 7 heteroatoms. The van der Waals surface area contributed by atoms with Gasteiger partial charge < -0.3 is 10.5 Å². The van der Waals surface area contributed by atoms with Crippen LogP contribution in [0.1, 0.15) is 36.8 Å². The van der Waals surface area contributed by atoms with Crippen molar-refractivity contribution >= 4 is 21.5 Å². The second kappa shape index (κ2) is 5.78. The first-order valence-electron chi connectivity index (χ1n) is 6.16. The molecule has 112 valence electrons.